The number of carbonyl (C=O) groups is 1. The lowest BCUT2D eigenvalue weighted by atomic mass is 9.99. The van der Waals surface area contributed by atoms with Crippen LogP contribution >= 0.6 is 23.4 Å². The van der Waals surface area contributed by atoms with E-state index >= 15 is 0 Å². The van der Waals surface area contributed by atoms with E-state index in [1.807, 2.05) is 42.5 Å². The highest BCUT2D eigenvalue weighted by Gasteiger charge is 2.20. The number of hydrogen-bond donors (Lipinski definition) is 1. The van der Waals surface area contributed by atoms with Gasteiger partial charge in [-0.25, -0.2) is 4.98 Å². The molecule has 0 unspecified atom stereocenters. The lowest BCUT2D eigenvalue weighted by molar-refractivity contribution is -0.384. The monoisotopic (exact) mass is 530 g/mol. The van der Waals surface area contributed by atoms with E-state index in [2.05, 4.69) is 16.4 Å². The average molecular weight is 531 g/mol. The van der Waals surface area contributed by atoms with E-state index in [-0.39, 0.29) is 22.7 Å². The fourth-order valence-electron chi connectivity index (χ4n) is 3.60. The Bertz CT molecular complexity index is 1520. The predicted octanol–water partition coefficient (Wildman–Crippen LogP) is 6.59. The molecule has 1 amide bonds. The van der Waals surface area contributed by atoms with Crippen molar-refractivity contribution in [1.82, 2.24) is 4.98 Å². The summed E-state index contributed by atoms with van der Waals surface area (Å²) in [6, 6.07) is 24.8. The summed E-state index contributed by atoms with van der Waals surface area (Å²) in [7, 11) is 1.40. The third kappa shape index (κ3) is 5.89. The number of hydrogen-bond acceptors (Lipinski definition) is 7. The smallest absolute Gasteiger partial charge is 0.296 e. The molecular formula is C27H19ClN4O4S. The van der Waals surface area contributed by atoms with Crippen LogP contribution in [-0.4, -0.2) is 28.7 Å². The fourth-order valence-corrected chi connectivity index (χ4v) is 4.64. The standard InChI is InChI=1S/C27H19ClN4O4S/c1-36-18-11-12-23(25(13-18)32(34)35)30-26(33)16-37-27-21(15-29)20(19-9-5-6-10-22(19)28)14-24(31-27)17-7-3-2-4-8-17/h2-14H,16H2,1H3,(H,30,33). The van der Waals surface area contributed by atoms with Crippen LogP contribution in [0.3, 0.4) is 0 Å². The Hall–Kier alpha value is -4.39. The molecule has 0 saturated carbocycles. The molecule has 0 fully saturated rings. The number of nitriles is 1. The lowest BCUT2D eigenvalue weighted by Gasteiger charge is -2.13. The molecule has 8 nitrogen and oxygen atoms in total. The van der Waals surface area contributed by atoms with Crippen LogP contribution in [0.25, 0.3) is 22.4 Å². The molecule has 37 heavy (non-hydrogen) atoms. The summed E-state index contributed by atoms with van der Waals surface area (Å²) < 4.78 is 5.03. The zero-order valence-corrected chi connectivity index (χ0v) is 21.0. The number of nitrogens with one attached hydrogen (secondary N) is 1. The molecule has 0 spiro atoms. The summed E-state index contributed by atoms with van der Waals surface area (Å²) in [5.41, 5.74) is 2.74. The number of ether oxygens (including phenoxy) is 1. The van der Waals surface area contributed by atoms with E-state index in [1.54, 1.807) is 18.2 Å². The van der Waals surface area contributed by atoms with Gasteiger partial charge in [-0.3, -0.25) is 14.9 Å². The van der Waals surface area contributed by atoms with Gasteiger partial charge in [-0.15, -0.1) is 0 Å². The van der Waals surface area contributed by atoms with E-state index in [9.17, 15) is 20.2 Å². The third-order valence-corrected chi connectivity index (χ3v) is 6.65. The van der Waals surface area contributed by atoms with Crippen LogP contribution in [0.5, 0.6) is 5.75 Å². The van der Waals surface area contributed by atoms with Gasteiger partial charge in [0.15, 0.2) is 0 Å². The highest BCUT2D eigenvalue weighted by molar-refractivity contribution is 8.00. The summed E-state index contributed by atoms with van der Waals surface area (Å²) in [5.74, 6) is -0.328. The molecule has 1 aromatic heterocycles. The number of amides is 1. The average Bonchev–Trinajstić information content (AvgIpc) is 2.92. The van der Waals surface area contributed by atoms with Crippen molar-refractivity contribution in [3.05, 3.63) is 99.6 Å². The molecule has 4 rings (SSSR count). The Morgan fingerprint density at radius 3 is 2.51 bits per heavy atom. The number of methoxy groups -OCH3 is 1. The van der Waals surface area contributed by atoms with Gasteiger partial charge in [0.1, 0.15) is 22.5 Å². The van der Waals surface area contributed by atoms with Gasteiger partial charge in [0, 0.05) is 21.7 Å². The van der Waals surface area contributed by atoms with Crippen molar-refractivity contribution < 1.29 is 14.5 Å². The van der Waals surface area contributed by atoms with E-state index in [0.29, 0.717) is 32.6 Å². The molecule has 0 aliphatic carbocycles. The summed E-state index contributed by atoms with van der Waals surface area (Å²) in [5, 5.41) is 24.9. The maximum atomic E-state index is 12.8. The minimum absolute atomic E-state index is 0.0414. The quantitative estimate of drug-likeness (QED) is 0.155. The Balaban J connectivity index is 1.68. The van der Waals surface area contributed by atoms with Crippen molar-refractivity contribution in [3.8, 4) is 34.2 Å². The van der Waals surface area contributed by atoms with Crippen molar-refractivity contribution in [2.45, 2.75) is 5.03 Å². The molecule has 1 N–H and O–H groups in total. The molecule has 1 heterocycles. The zero-order valence-electron chi connectivity index (χ0n) is 19.5. The van der Waals surface area contributed by atoms with Crippen LogP contribution in [0, 0.1) is 21.4 Å². The van der Waals surface area contributed by atoms with Gasteiger partial charge in [-0.05, 0) is 24.3 Å². The molecule has 0 saturated heterocycles. The molecule has 0 atom stereocenters. The first kappa shape index (κ1) is 25.7. The number of rotatable bonds is 8. The zero-order chi connectivity index (χ0) is 26.4. The van der Waals surface area contributed by atoms with Gasteiger partial charge in [0.05, 0.1) is 35.1 Å². The molecule has 184 valence electrons. The molecule has 0 radical (unpaired) electrons. The summed E-state index contributed by atoms with van der Waals surface area (Å²) in [6.45, 7) is 0. The van der Waals surface area contributed by atoms with Crippen molar-refractivity contribution in [1.29, 1.82) is 5.26 Å². The first-order valence-corrected chi connectivity index (χ1v) is 12.3. The number of halogens is 1. The number of nitro benzene ring substituents is 1. The van der Waals surface area contributed by atoms with E-state index < -0.39 is 10.8 Å². The summed E-state index contributed by atoms with van der Waals surface area (Å²) >= 11 is 7.51. The predicted molar refractivity (Wildman–Crippen MR) is 144 cm³/mol. The van der Waals surface area contributed by atoms with Crippen LogP contribution in [0.2, 0.25) is 5.02 Å². The number of anilines is 1. The highest BCUT2D eigenvalue weighted by Crippen LogP contribution is 2.37. The Morgan fingerprint density at radius 1 is 1.11 bits per heavy atom. The fraction of sp³-hybridized carbons (Fsp3) is 0.0741. The molecule has 0 aliphatic heterocycles. The Labute approximate surface area is 222 Å². The summed E-state index contributed by atoms with van der Waals surface area (Å²) in [4.78, 5) is 28.3. The van der Waals surface area contributed by atoms with Gasteiger partial charge in [0.25, 0.3) is 5.69 Å². The maximum Gasteiger partial charge on any atom is 0.296 e. The third-order valence-electron chi connectivity index (χ3n) is 5.35. The Kier molecular flexibility index (Phi) is 8.03. The van der Waals surface area contributed by atoms with Gasteiger partial charge >= 0.3 is 0 Å². The first-order valence-electron chi connectivity index (χ1n) is 10.9. The van der Waals surface area contributed by atoms with Gasteiger partial charge in [-0.1, -0.05) is 71.9 Å². The van der Waals surface area contributed by atoms with Gasteiger partial charge in [0.2, 0.25) is 5.91 Å². The van der Waals surface area contributed by atoms with Crippen molar-refractivity contribution in [2.24, 2.45) is 0 Å². The SMILES string of the molecule is COc1ccc(NC(=O)CSc2nc(-c3ccccc3)cc(-c3ccccc3Cl)c2C#N)c([N+](=O)[O-])c1. The second kappa shape index (κ2) is 11.6. The minimum Gasteiger partial charge on any atom is -0.496 e. The molecule has 10 heteroatoms. The second-order valence-electron chi connectivity index (χ2n) is 7.67. The molecular weight excluding hydrogens is 512 g/mol. The topological polar surface area (TPSA) is 118 Å². The molecule has 3 aromatic carbocycles. The summed E-state index contributed by atoms with van der Waals surface area (Å²) in [6.07, 6.45) is 0. The second-order valence-corrected chi connectivity index (χ2v) is 9.04. The molecule has 0 bridgehead atoms. The van der Waals surface area contributed by atoms with Crippen LogP contribution in [0.15, 0.2) is 83.9 Å². The van der Waals surface area contributed by atoms with Gasteiger partial charge < -0.3 is 10.1 Å². The number of benzene rings is 3. The van der Waals surface area contributed by atoms with Crippen LogP contribution < -0.4 is 10.1 Å². The number of nitrogens with zero attached hydrogens (tertiary/aromatic N) is 3. The van der Waals surface area contributed by atoms with E-state index in [0.717, 1.165) is 17.3 Å². The first-order chi connectivity index (χ1) is 17.9. The van der Waals surface area contributed by atoms with Crippen LogP contribution in [0.1, 0.15) is 5.56 Å². The van der Waals surface area contributed by atoms with E-state index in [4.69, 9.17) is 16.3 Å². The van der Waals surface area contributed by atoms with Crippen molar-refractivity contribution >= 4 is 40.6 Å². The number of pyridine rings is 1. The van der Waals surface area contributed by atoms with Crippen molar-refractivity contribution in [3.63, 3.8) is 0 Å². The number of nitro groups is 1. The number of thioether (sulfide) groups is 1. The highest BCUT2D eigenvalue weighted by atomic mass is 35.5. The number of aromatic nitrogens is 1. The lowest BCUT2D eigenvalue weighted by Crippen LogP contribution is -2.15. The molecule has 4 aromatic rings. The Morgan fingerprint density at radius 2 is 1.84 bits per heavy atom. The number of carbonyl (C=O) groups excluding carboxylic acids is 1. The normalized spacial score (nSPS) is 10.4. The van der Waals surface area contributed by atoms with E-state index in [1.165, 1.54) is 25.3 Å². The van der Waals surface area contributed by atoms with Gasteiger partial charge in [-0.2, -0.15) is 5.26 Å². The maximum absolute atomic E-state index is 12.8. The van der Waals surface area contributed by atoms with Crippen molar-refractivity contribution in [2.75, 3.05) is 18.2 Å². The van der Waals surface area contributed by atoms with Crippen LogP contribution in [-0.2, 0) is 4.79 Å². The molecule has 0 aliphatic rings. The minimum atomic E-state index is -0.597. The van der Waals surface area contributed by atoms with Crippen LogP contribution in [0.4, 0.5) is 11.4 Å². The largest absolute Gasteiger partial charge is 0.496 e.